The van der Waals surface area contributed by atoms with Gasteiger partial charge in [0.1, 0.15) is 0 Å². The Labute approximate surface area is 84.4 Å². The van der Waals surface area contributed by atoms with Crippen LogP contribution in [-0.2, 0) is 9.53 Å². The van der Waals surface area contributed by atoms with Gasteiger partial charge in [0, 0.05) is 19.6 Å². The van der Waals surface area contributed by atoms with Crippen molar-refractivity contribution in [1.82, 2.24) is 0 Å². The van der Waals surface area contributed by atoms with Gasteiger partial charge < -0.3 is 9.84 Å². The molecule has 2 fully saturated rings. The van der Waals surface area contributed by atoms with Crippen LogP contribution in [0.15, 0.2) is 0 Å². The molecule has 3 nitrogen and oxygen atoms in total. The standard InChI is InChI=1S/C11H18O3/c12-11(13)2-1-9-7-10(9)8-3-5-14-6-4-8/h8-10H,1-7H2,(H,12,13). The summed E-state index contributed by atoms with van der Waals surface area (Å²) in [7, 11) is 0. The van der Waals surface area contributed by atoms with E-state index < -0.39 is 5.97 Å². The van der Waals surface area contributed by atoms with Gasteiger partial charge in [-0.2, -0.15) is 0 Å². The van der Waals surface area contributed by atoms with E-state index in [4.69, 9.17) is 9.84 Å². The monoisotopic (exact) mass is 198 g/mol. The van der Waals surface area contributed by atoms with Crippen LogP contribution in [0.4, 0.5) is 0 Å². The van der Waals surface area contributed by atoms with E-state index in [1.54, 1.807) is 0 Å². The van der Waals surface area contributed by atoms with Crippen LogP contribution in [0.25, 0.3) is 0 Å². The van der Waals surface area contributed by atoms with Crippen molar-refractivity contribution in [2.24, 2.45) is 17.8 Å². The number of carboxylic acids is 1. The Morgan fingerprint density at radius 1 is 1.36 bits per heavy atom. The number of hydrogen-bond donors (Lipinski definition) is 1. The van der Waals surface area contributed by atoms with Crippen LogP contribution < -0.4 is 0 Å². The number of hydrogen-bond acceptors (Lipinski definition) is 2. The van der Waals surface area contributed by atoms with Crippen molar-refractivity contribution in [2.45, 2.75) is 32.1 Å². The molecule has 0 radical (unpaired) electrons. The maximum Gasteiger partial charge on any atom is 0.303 e. The van der Waals surface area contributed by atoms with Crippen LogP contribution in [0.1, 0.15) is 32.1 Å². The van der Waals surface area contributed by atoms with Gasteiger partial charge in [0.15, 0.2) is 0 Å². The molecule has 0 spiro atoms. The summed E-state index contributed by atoms with van der Waals surface area (Å²) in [6.07, 6.45) is 4.88. The Morgan fingerprint density at radius 2 is 2.07 bits per heavy atom. The SMILES string of the molecule is O=C(O)CCC1CC1C1CCOCC1. The molecular weight excluding hydrogens is 180 g/mol. The molecule has 0 aromatic rings. The Bertz CT molecular complexity index is 209. The summed E-state index contributed by atoms with van der Waals surface area (Å²) in [5.41, 5.74) is 0. The van der Waals surface area contributed by atoms with E-state index in [2.05, 4.69) is 0 Å². The highest BCUT2D eigenvalue weighted by Crippen LogP contribution is 2.49. The molecule has 2 aliphatic rings. The van der Waals surface area contributed by atoms with Gasteiger partial charge in [-0.1, -0.05) is 0 Å². The summed E-state index contributed by atoms with van der Waals surface area (Å²) < 4.78 is 5.32. The van der Waals surface area contributed by atoms with E-state index in [9.17, 15) is 4.79 Å². The average Bonchev–Trinajstić information content (AvgIpc) is 2.95. The van der Waals surface area contributed by atoms with Gasteiger partial charge in [0.25, 0.3) is 0 Å². The summed E-state index contributed by atoms with van der Waals surface area (Å²) >= 11 is 0. The van der Waals surface area contributed by atoms with Gasteiger partial charge in [-0.25, -0.2) is 0 Å². The lowest BCUT2D eigenvalue weighted by Gasteiger charge is -2.22. The van der Waals surface area contributed by atoms with Crippen molar-refractivity contribution in [3.63, 3.8) is 0 Å². The first kappa shape index (κ1) is 9.97. The molecule has 2 atom stereocenters. The number of carbonyl (C=O) groups is 1. The molecule has 2 rings (SSSR count). The molecule has 1 aliphatic carbocycles. The van der Waals surface area contributed by atoms with Crippen LogP contribution in [0.2, 0.25) is 0 Å². The van der Waals surface area contributed by atoms with E-state index in [0.717, 1.165) is 31.5 Å². The first-order valence-electron chi connectivity index (χ1n) is 5.57. The summed E-state index contributed by atoms with van der Waals surface area (Å²) in [5.74, 6) is 1.69. The Hall–Kier alpha value is -0.570. The Kier molecular flexibility index (Phi) is 3.06. The zero-order valence-corrected chi connectivity index (χ0v) is 8.45. The van der Waals surface area contributed by atoms with Gasteiger partial charge in [-0.3, -0.25) is 4.79 Å². The number of carboxylic acid groups (broad SMARTS) is 1. The third-order valence-corrected chi connectivity index (χ3v) is 3.58. The molecule has 1 saturated heterocycles. The number of rotatable bonds is 4. The van der Waals surface area contributed by atoms with Crippen molar-refractivity contribution in [3.8, 4) is 0 Å². The summed E-state index contributed by atoms with van der Waals surface area (Å²) in [6.45, 7) is 1.82. The minimum Gasteiger partial charge on any atom is -0.481 e. The molecular formula is C11H18O3. The van der Waals surface area contributed by atoms with E-state index >= 15 is 0 Å². The largest absolute Gasteiger partial charge is 0.481 e. The molecule has 1 N–H and O–H groups in total. The van der Waals surface area contributed by atoms with Gasteiger partial charge >= 0.3 is 5.97 Å². The van der Waals surface area contributed by atoms with Gasteiger partial charge in [-0.15, -0.1) is 0 Å². The minimum absolute atomic E-state index is 0.352. The van der Waals surface area contributed by atoms with Gasteiger partial charge in [0.2, 0.25) is 0 Å². The molecule has 0 aromatic heterocycles. The molecule has 14 heavy (non-hydrogen) atoms. The number of aliphatic carboxylic acids is 1. The minimum atomic E-state index is -0.650. The highest BCUT2D eigenvalue weighted by Gasteiger charge is 2.42. The molecule has 2 unspecified atom stereocenters. The molecule has 0 aromatic carbocycles. The lowest BCUT2D eigenvalue weighted by atomic mass is 9.93. The van der Waals surface area contributed by atoms with Crippen LogP contribution in [-0.4, -0.2) is 24.3 Å². The third kappa shape index (κ3) is 2.47. The zero-order valence-electron chi connectivity index (χ0n) is 8.45. The Balaban J connectivity index is 1.67. The lowest BCUT2D eigenvalue weighted by molar-refractivity contribution is -0.137. The van der Waals surface area contributed by atoms with E-state index in [1.807, 2.05) is 0 Å². The molecule has 1 saturated carbocycles. The first-order chi connectivity index (χ1) is 6.77. The highest BCUT2D eigenvalue weighted by atomic mass is 16.5. The second-order valence-electron chi connectivity index (χ2n) is 4.54. The Morgan fingerprint density at radius 3 is 2.71 bits per heavy atom. The van der Waals surface area contributed by atoms with E-state index in [1.165, 1.54) is 19.3 Å². The quantitative estimate of drug-likeness (QED) is 0.750. The predicted octanol–water partition coefficient (Wildman–Crippen LogP) is 1.91. The third-order valence-electron chi connectivity index (χ3n) is 3.58. The predicted molar refractivity (Wildman–Crippen MR) is 52.0 cm³/mol. The number of ether oxygens (including phenoxy) is 1. The van der Waals surface area contributed by atoms with Gasteiger partial charge in [0.05, 0.1) is 0 Å². The maximum atomic E-state index is 10.4. The van der Waals surface area contributed by atoms with E-state index in [-0.39, 0.29) is 0 Å². The van der Waals surface area contributed by atoms with Crippen LogP contribution in [0.5, 0.6) is 0 Å². The maximum absolute atomic E-state index is 10.4. The average molecular weight is 198 g/mol. The molecule has 3 heteroatoms. The second-order valence-corrected chi connectivity index (χ2v) is 4.54. The lowest BCUT2D eigenvalue weighted by Crippen LogP contribution is -2.17. The van der Waals surface area contributed by atoms with Crippen molar-refractivity contribution in [3.05, 3.63) is 0 Å². The molecule has 1 heterocycles. The molecule has 80 valence electrons. The topological polar surface area (TPSA) is 46.5 Å². The second kappa shape index (κ2) is 4.30. The fourth-order valence-electron chi connectivity index (χ4n) is 2.63. The molecule has 0 bridgehead atoms. The summed E-state index contributed by atoms with van der Waals surface area (Å²) in [6, 6.07) is 0. The van der Waals surface area contributed by atoms with Crippen molar-refractivity contribution >= 4 is 5.97 Å². The highest BCUT2D eigenvalue weighted by molar-refractivity contribution is 5.66. The van der Waals surface area contributed by atoms with Gasteiger partial charge in [-0.05, 0) is 43.4 Å². The summed E-state index contributed by atoms with van der Waals surface area (Å²) in [5, 5.41) is 8.57. The summed E-state index contributed by atoms with van der Waals surface area (Å²) in [4.78, 5) is 10.4. The molecule has 1 aliphatic heterocycles. The van der Waals surface area contributed by atoms with Crippen molar-refractivity contribution in [2.75, 3.05) is 13.2 Å². The smallest absolute Gasteiger partial charge is 0.303 e. The molecule has 0 amide bonds. The van der Waals surface area contributed by atoms with Crippen LogP contribution in [0, 0.1) is 17.8 Å². The van der Waals surface area contributed by atoms with E-state index in [0.29, 0.717) is 12.3 Å². The van der Waals surface area contributed by atoms with Crippen LogP contribution >= 0.6 is 0 Å². The fourth-order valence-corrected chi connectivity index (χ4v) is 2.63. The first-order valence-corrected chi connectivity index (χ1v) is 5.57. The van der Waals surface area contributed by atoms with Crippen molar-refractivity contribution < 1.29 is 14.6 Å². The zero-order chi connectivity index (χ0) is 9.97. The fraction of sp³-hybridized carbons (Fsp3) is 0.909. The normalized spacial score (nSPS) is 32.9. The van der Waals surface area contributed by atoms with Crippen LogP contribution in [0.3, 0.4) is 0 Å². The van der Waals surface area contributed by atoms with Crippen molar-refractivity contribution in [1.29, 1.82) is 0 Å².